The van der Waals surface area contributed by atoms with E-state index in [2.05, 4.69) is 41.0 Å². The maximum Gasteiger partial charge on any atom is 0.461 e. The molecule has 0 radical (unpaired) electrons. The molecule has 0 saturated carbocycles. The van der Waals surface area contributed by atoms with Gasteiger partial charge in [-0.25, -0.2) is 9.67 Å². The lowest BCUT2D eigenvalue weighted by Gasteiger charge is -2.19. The van der Waals surface area contributed by atoms with Crippen LogP contribution < -0.4 is 10.6 Å². The number of aryl methyl sites for hydroxylation is 1. The van der Waals surface area contributed by atoms with E-state index in [9.17, 15) is 36.8 Å². The zero-order valence-corrected chi connectivity index (χ0v) is 27.8. The quantitative estimate of drug-likeness (QED) is 0.187. The van der Waals surface area contributed by atoms with E-state index in [4.69, 9.17) is 11.6 Å². The third kappa shape index (κ3) is 7.60. The average Bonchev–Trinajstić information content (AvgIpc) is 3.86. The molecule has 2 amide bonds. The van der Waals surface area contributed by atoms with Crippen molar-refractivity contribution in [2.24, 2.45) is 0 Å². The molecule has 6 rings (SSSR count). The van der Waals surface area contributed by atoms with Gasteiger partial charge in [-0.3, -0.25) is 14.5 Å². The highest BCUT2D eigenvalue weighted by Gasteiger charge is 2.62. The first-order valence-corrected chi connectivity index (χ1v) is 16.0. The Balaban J connectivity index is 1.27. The second-order valence-corrected chi connectivity index (χ2v) is 12.3. The molecule has 1 aliphatic heterocycles. The molecule has 1 aliphatic rings. The van der Waals surface area contributed by atoms with Gasteiger partial charge in [0.25, 0.3) is 17.6 Å². The summed E-state index contributed by atoms with van der Waals surface area (Å²) in [4.78, 5) is 34.5. The molecular weight excluding hydrogens is 713 g/mol. The molecule has 0 bridgehead atoms. The molecular formula is C33H27ClF5N11O2. The molecule has 4 heterocycles. The van der Waals surface area contributed by atoms with Crippen LogP contribution in [-0.2, 0) is 19.0 Å². The Hall–Kier alpha value is -5.80. The normalized spacial score (nSPS) is 15.0. The number of hydrogen-bond donors (Lipinski definition) is 2. The first-order valence-electron chi connectivity index (χ1n) is 15.6. The van der Waals surface area contributed by atoms with Gasteiger partial charge in [-0.15, -0.1) is 10.2 Å². The van der Waals surface area contributed by atoms with Gasteiger partial charge in [-0.05, 0) is 60.0 Å². The van der Waals surface area contributed by atoms with Crippen LogP contribution in [-0.4, -0.2) is 77.0 Å². The van der Waals surface area contributed by atoms with Crippen molar-refractivity contribution in [1.82, 2.24) is 45.2 Å². The Kier molecular flexibility index (Phi) is 10.00. The lowest BCUT2D eigenvalue weighted by atomic mass is 10.0. The van der Waals surface area contributed by atoms with E-state index in [1.54, 1.807) is 6.92 Å². The van der Waals surface area contributed by atoms with Crippen molar-refractivity contribution in [2.75, 3.05) is 18.4 Å². The van der Waals surface area contributed by atoms with Crippen molar-refractivity contribution in [3.63, 3.8) is 0 Å². The molecule has 1 saturated heterocycles. The van der Waals surface area contributed by atoms with Crippen molar-refractivity contribution < 1.29 is 31.5 Å². The van der Waals surface area contributed by atoms with Crippen LogP contribution in [0.4, 0.5) is 27.6 Å². The van der Waals surface area contributed by atoms with Gasteiger partial charge < -0.3 is 10.6 Å². The molecule has 268 valence electrons. The molecule has 19 heteroatoms. The van der Waals surface area contributed by atoms with Gasteiger partial charge in [0.15, 0.2) is 5.82 Å². The SMILES string of the molecule is Cc1cc(C#N)cc(C(=O)NC2CCN(Cc3ccccc3)C2)c1NC(=O)c1cc(Cn2nnc(C(F)(F)C(F)(F)F)n2)nn1-c1ncccc1Cl. The number of tetrazole rings is 1. The number of benzene rings is 2. The Morgan fingerprint density at radius 1 is 1.02 bits per heavy atom. The van der Waals surface area contributed by atoms with Crippen LogP contribution in [0.15, 0.2) is 66.9 Å². The smallest absolute Gasteiger partial charge is 0.348 e. The lowest BCUT2D eigenvalue weighted by molar-refractivity contribution is -0.292. The molecule has 0 aliphatic carbocycles. The maximum atomic E-state index is 14.0. The number of hydrogen-bond acceptors (Lipinski definition) is 9. The molecule has 13 nitrogen and oxygen atoms in total. The Bertz CT molecular complexity index is 2170. The van der Waals surface area contributed by atoms with Crippen molar-refractivity contribution in [1.29, 1.82) is 5.26 Å². The van der Waals surface area contributed by atoms with E-state index in [1.165, 1.54) is 36.5 Å². The van der Waals surface area contributed by atoms with Gasteiger partial charge in [-0.2, -0.15) is 37.1 Å². The zero-order valence-electron chi connectivity index (χ0n) is 27.1. The number of nitrogens with one attached hydrogen (secondary N) is 2. The molecule has 0 spiro atoms. The lowest BCUT2D eigenvalue weighted by Crippen LogP contribution is -2.37. The van der Waals surface area contributed by atoms with Gasteiger partial charge in [0, 0.05) is 31.9 Å². The second kappa shape index (κ2) is 14.4. The summed E-state index contributed by atoms with van der Waals surface area (Å²) >= 11 is 6.35. The van der Waals surface area contributed by atoms with Crippen molar-refractivity contribution in [3.05, 3.63) is 111 Å². The molecule has 1 unspecified atom stereocenters. The Morgan fingerprint density at radius 2 is 1.79 bits per heavy atom. The van der Waals surface area contributed by atoms with Crippen LogP contribution in [0.25, 0.3) is 5.82 Å². The highest BCUT2D eigenvalue weighted by Crippen LogP contribution is 2.42. The van der Waals surface area contributed by atoms with Crippen LogP contribution in [0.3, 0.4) is 0 Å². The standard InChI is InChI=1S/C33H27ClF5N11O2/c1-19-12-21(15-40)13-24(29(51)42-22-9-11-48(17-22)16-20-6-3-2-4-7-20)27(19)43-30(52)26-14-23(45-50(26)28-25(34)8-5-10-41-28)18-49-46-31(44-47-49)32(35,36)33(37,38)39/h2-8,10,12-14,22H,9,11,16-18H2,1H3,(H,42,51)(H,43,52). The van der Waals surface area contributed by atoms with Gasteiger partial charge in [0.05, 0.1) is 33.6 Å². The Labute approximate surface area is 297 Å². The number of pyridine rings is 1. The number of anilines is 1. The minimum Gasteiger partial charge on any atom is -0.348 e. The molecule has 3 aromatic heterocycles. The minimum absolute atomic E-state index is 0.0211. The van der Waals surface area contributed by atoms with Crippen LogP contribution in [0.5, 0.6) is 0 Å². The largest absolute Gasteiger partial charge is 0.461 e. The van der Waals surface area contributed by atoms with Crippen molar-refractivity contribution in [2.45, 2.75) is 44.6 Å². The number of carbonyl (C=O) groups is 2. The molecule has 2 N–H and O–H groups in total. The molecule has 1 fully saturated rings. The summed E-state index contributed by atoms with van der Waals surface area (Å²) in [7, 11) is 0. The van der Waals surface area contributed by atoms with Gasteiger partial charge in [0.2, 0.25) is 0 Å². The second-order valence-electron chi connectivity index (χ2n) is 11.9. The van der Waals surface area contributed by atoms with Crippen LogP contribution >= 0.6 is 11.6 Å². The van der Waals surface area contributed by atoms with E-state index < -0.39 is 36.3 Å². The number of nitriles is 1. The fraction of sp³-hybridized carbons (Fsp3) is 0.273. The molecule has 52 heavy (non-hydrogen) atoms. The number of likely N-dealkylation sites (tertiary alicyclic amines) is 1. The number of aromatic nitrogens is 7. The van der Waals surface area contributed by atoms with E-state index >= 15 is 0 Å². The van der Waals surface area contributed by atoms with E-state index in [-0.39, 0.29) is 45.1 Å². The summed E-state index contributed by atoms with van der Waals surface area (Å²) in [5.74, 6) is -8.60. The van der Waals surface area contributed by atoms with Crippen molar-refractivity contribution in [3.8, 4) is 11.9 Å². The number of alkyl halides is 5. The third-order valence-electron chi connectivity index (χ3n) is 8.13. The molecule has 1 atom stereocenters. The fourth-order valence-corrected chi connectivity index (χ4v) is 5.85. The molecule has 2 aromatic carbocycles. The number of nitrogens with zero attached hydrogens (tertiary/aromatic N) is 9. The van der Waals surface area contributed by atoms with E-state index in [1.807, 2.05) is 36.4 Å². The predicted octanol–water partition coefficient (Wildman–Crippen LogP) is 5.05. The van der Waals surface area contributed by atoms with Crippen LogP contribution in [0, 0.1) is 18.3 Å². The highest BCUT2D eigenvalue weighted by molar-refractivity contribution is 6.32. The number of rotatable bonds is 10. The topological polar surface area (TPSA) is 160 Å². The average molecular weight is 740 g/mol. The fourth-order valence-electron chi connectivity index (χ4n) is 5.64. The molecule has 5 aromatic rings. The maximum absolute atomic E-state index is 14.0. The summed E-state index contributed by atoms with van der Waals surface area (Å²) in [5, 5.41) is 29.0. The van der Waals surface area contributed by atoms with Crippen LogP contribution in [0.1, 0.15) is 55.5 Å². The monoisotopic (exact) mass is 739 g/mol. The predicted molar refractivity (Wildman–Crippen MR) is 175 cm³/mol. The third-order valence-corrected chi connectivity index (χ3v) is 8.42. The first kappa shape index (κ1) is 36.0. The van der Waals surface area contributed by atoms with Gasteiger partial charge in [-0.1, -0.05) is 41.9 Å². The number of amides is 2. The summed E-state index contributed by atoms with van der Waals surface area (Å²) < 4.78 is 67.2. The van der Waals surface area contributed by atoms with E-state index in [0.717, 1.165) is 16.8 Å². The minimum atomic E-state index is -5.96. The van der Waals surface area contributed by atoms with Crippen LogP contribution in [0.2, 0.25) is 5.02 Å². The number of halogens is 6. The summed E-state index contributed by atoms with van der Waals surface area (Å²) in [5.41, 5.74) is 1.55. The highest BCUT2D eigenvalue weighted by atomic mass is 35.5. The first-order chi connectivity index (χ1) is 24.7. The Morgan fingerprint density at radius 3 is 2.50 bits per heavy atom. The summed E-state index contributed by atoms with van der Waals surface area (Å²) in [6.07, 6.45) is -3.91. The zero-order chi connectivity index (χ0) is 37.2. The summed E-state index contributed by atoms with van der Waals surface area (Å²) in [6.45, 7) is 3.07. The van der Waals surface area contributed by atoms with Crippen molar-refractivity contribution >= 4 is 29.1 Å². The van der Waals surface area contributed by atoms with E-state index in [0.29, 0.717) is 29.9 Å². The van der Waals surface area contributed by atoms with Gasteiger partial charge >= 0.3 is 12.1 Å². The van der Waals surface area contributed by atoms with Gasteiger partial charge in [0.1, 0.15) is 12.2 Å². The summed E-state index contributed by atoms with van der Waals surface area (Å²) in [6, 6.07) is 18.7. The number of carbonyl (C=O) groups excluding carboxylic acids is 2.